The first-order valence-corrected chi connectivity index (χ1v) is 7.47. The van der Waals surface area contributed by atoms with Crippen LogP contribution in [0.2, 0.25) is 0 Å². The van der Waals surface area contributed by atoms with Gasteiger partial charge >= 0.3 is 0 Å². The molecule has 0 aliphatic heterocycles. The summed E-state index contributed by atoms with van der Waals surface area (Å²) in [6, 6.07) is 0. The molecule has 4 heteroatoms. The van der Waals surface area contributed by atoms with Crippen LogP contribution in [0.5, 0.6) is 0 Å². The number of nitrogens with one attached hydrogen (secondary N) is 2. The predicted molar refractivity (Wildman–Crippen MR) is 70.9 cm³/mol. The highest BCUT2D eigenvalue weighted by molar-refractivity contribution is 8.00. The Morgan fingerprint density at radius 2 is 2.06 bits per heavy atom. The van der Waals surface area contributed by atoms with E-state index < -0.39 is 0 Å². The lowest BCUT2D eigenvalue weighted by Crippen LogP contribution is -2.37. The Kier molecular flexibility index (Phi) is 6.21. The fraction of sp³-hybridized carbons (Fsp3) is 0.917. The first-order valence-electron chi connectivity index (χ1n) is 6.25. The highest BCUT2D eigenvalue weighted by Crippen LogP contribution is 2.39. The van der Waals surface area contributed by atoms with Gasteiger partial charge in [0, 0.05) is 30.8 Å². The van der Waals surface area contributed by atoms with Crippen LogP contribution in [0.25, 0.3) is 0 Å². The molecule has 1 saturated carbocycles. The fourth-order valence-corrected chi connectivity index (χ4v) is 3.22. The summed E-state index contributed by atoms with van der Waals surface area (Å²) in [5.74, 6) is 0.152. The Labute approximate surface area is 103 Å². The Morgan fingerprint density at radius 3 is 2.62 bits per heavy atom. The van der Waals surface area contributed by atoms with Crippen molar-refractivity contribution in [1.29, 1.82) is 0 Å². The van der Waals surface area contributed by atoms with Crippen molar-refractivity contribution >= 4 is 17.7 Å². The lowest BCUT2D eigenvalue weighted by molar-refractivity contribution is -0.120. The molecule has 1 rings (SSSR count). The van der Waals surface area contributed by atoms with Crippen molar-refractivity contribution in [2.24, 2.45) is 0 Å². The number of amides is 1. The highest BCUT2D eigenvalue weighted by Gasteiger charge is 2.32. The molecule has 3 nitrogen and oxygen atoms in total. The van der Waals surface area contributed by atoms with Gasteiger partial charge in [-0.2, -0.15) is 11.8 Å². The van der Waals surface area contributed by atoms with E-state index in [1.54, 1.807) is 0 Å². The SMILES string of the molecule is CCNC(=O)CCNCC1(SC)CCCC1. The molecule has 0 aromatic heterocycles. The Balaban J connectivity index is 2.12. The van der Waals surface area contributed by atoms with Gasteiger partial charge in [0.1, 0.15) is 0 Å². The number of rotatable bonds is 7. The Bertz CT molecular complexity index is 215. The van der Waals surface area contributed by atoms with Crippen molar-refractivity contribution in [1.82, 2.24) is 10.6 Å². The molecule has 0 unspecified atom stereocenters. The Morgan fingerprint density at radius 1 is 1.38 bits per heavy atom. The lowest BCUT2D eigenvalue weighted by atomic mass is 10.1. The quantitative estimate of drug-likeness (QED) is 0.671. The molecular weight excluding hydrogens is 220 g/mol. The van der Waals surface area contributed by atoms with E-state index in [4.69, 9.17) is 0 Å². The van der Waals surface area contributed by atoms with Gasteiger partial charge in [0.15, 0.2) is 0 Å². The maximum absolute atomic E-state index is 11.2. The second kappa shape index (κ2) is 7.17. The molecule has 1 fully saturated rings. The van der Waals surface area contributed by atoms with Crippen molar-refractivity contribution in [2.45, 2.75) is 43.8 Å². The van der Waals surface area contributed by atoms with Crippen molar-refractivity contribution in [3.05, 3.63) is 0 Å². The summed E-state index contributed by atoms with van der Waals surface area (Å²) < 4.78 is 0.446. The molecule has 0 aromatic carbocycles. The molecule has 0 atom stereocenters. The summed E-state index contributed by atoms with van der Waals surface area (Å²) >= 11 is 1.99. The van der Waals surface area contributed by atoms with Gasteiger partial charge in [-0.1, -0.05) is 12.8 Å². The zero-order valence-corrected chi connectivity index (χ0v) is 11.3. The Hall–Kier alpha value is -0.220. The minimum absolute atomic E-state index is 0.152. The van der Waals surface area contributed by atoms with Crippen molar-refractivity contribution in [3.8, 4) is 0 Å². The van der Waals surface area contributed by atoms with Crippen LogP contribution in [-0.2, 0) is 4.79 Å². The van der Waals surface area contributed by atoms with Gasteiger partial charge in [-0.25, -0.2) is 0 Å². The van der Waals surface area contributed by atoms with Gasteiger partial charge < -0.3 is 10.6 Å². The first kappa shape index (κ1) is 13.8. The highest BCUT2D eigenvalue weighted by atomic mass is 32.2. The molecule has 1 aliphatic rings. The summed E-state index contributed by atoms with van der Waals surface area (Å²) in [4.78, 5) is 11.2. The monoisotopic (exact) mass is 244 g/mol. The van der Waals surface area contributed by atoms with Crippen LogP contribution in [0.15, 0.2) is 0 Å². The van der Waals surface area contributed by atoms with Crippen molar-refractivity contribution in [2.75, 3.05) is 25.9 Å². The predicted octanol–water partition coefficient (Wildman–Crippen LogP) is 1.78. The van der Waals surface area contributed by atoms with E-state index in [-0.39, 0.29) is 5.91 Å². The zero-order valence-electron chi connectivity index (χ0n) is 10.5. The van der Waals surface area contributed by atoms with E-state index in [1.165, 1.54) is 25.7 Å². The summed E-state index contributed by atoms with van der Waals surface area (Å²) in [6.07, 6.45) is 8.16. The molecule has 16 heavy (non-hydrogen) atoms. The molecule has 1 aliphatic carbocycles. The summed E-state index contributed by atoms with van der Waals surface area (Å²) in [5, 5.41) is 6.24. The molecule has 2 N–H and O–H groups in total. The van der Waals surface area contributed by atoms with E-state index in [0.717, 1.165) is 19.6 Å². The number of carbonyl (C=O) groups excluding carboxylic acids is 1. The third kappa shape index (κ3) is 4.34. The van der Waals surface area contributed by atoms with Crippen LogP contribution >= 0.6 is 11.8 Å². The summed E-state index contributed by atoms with van der Waals surface area (Å²) in [5.41, 5.74) is 0. The average molecular weight is 244 g/mol. The van der Waals surface area contributed by atoms with Gasteiger partial charge in [0.05, 0.1) is 0 Å². The van der Waals surface area contributed by atoms with Crippen LogP contribution in [0.3, 0.4) is 0 Å². The van der Waals surface area contributed by atoms with Crippen LogP contribution in [0, 0.1) is 0 Å². The van der Waals surface area contributed by atoms with Crippen LogP contribution in [-0.4, -0.2) is 36.5 Å². The van der Waals surface area contributed by atoms with Crippen LogP contribution in [0.4, 0.5) is 0 Å². The van der Waals surface area contributed by atoms with E-state index in [0.29, 0.717) is 11.2 Å². The smallest absolute Gasteiger partial charge is 0.221 e. The van der Waals surface area contributed by atoms with Crippen molar-refractivity contribution in [3.63, 3.8) is 0 Å². The molecule has 0 radical (unpaired) electrons. The maximum atomic E-state index is 11.2. The van der Waals surface area contributed by atoms with E-state index in [1.807, 2.05) is 18.7 Å². The van der Waals surface area contributed by atoms with Crippen LogP contribution in [0.1, 0.15) is 39.0 Å². The zero-order chi connectivity index (χ0) is 11.9. The lowest BCUT2D eigenvalue weighted by Gasteiger charge is -2.27. The standard InChI is InChI=1S/C12H24N2OS/c1-3-14-11(15)6-9-13-10-12(16-2)7-4-5-8-12/h13H,3-10H2,1-2H3,(H,14,15). The van der Waals surface area contributed by atoms with Gasteiger partial charge in [0.2, 0.25) is 5.91 Å². The van der Waals surface area contributed by atoms with E-state index in [2.05, 4.69) is 16.9 Å². The topological polar surface area (TPSA) is 41.1 Å². The summed E-state index contributed by atoms with van der Waals surface area (Å²) in [7, 11) is 0. The molecule has 0 spiro atoms. The third-order valence-electron chi connectivity index (χ3n) is 3.30. The number of hydrogen-bond donors (Lipinski definition) is 2. The molecule has 0 saturated heterocycles. The molecule has 94 valence electrons. The van der Waals surface area contributed by atoms with Crippen molar-refractivity contribution < 1.29 is 4.79 Å². The maximum Gasteiger partial charge on any atom is 0.221 e. The largest absolute Gasteiger partial charge is 0.356 e. The fourth-order valence-electron chi connectivity index (χ4n) is 2.28. The molecular formula is C12H24N2OS. The second-order valence-corrected chi connectivity index (χ2v) is 5.75. The molecule has 0 heterocycles. The molecule has 0 aromatic rings. The van der Waals surface area contributed by atoms with Gasteiger partial charge in [-0.15, -0.1) is 0 Å². The second-order valence-electron chi connectivity index (χ2n) is 4.47. The van der Waals surface area contributed by atoms with Gasteiger partial charge in [0.25, 0.3) is 0 Å². The summed E-state index contributed by atoms with van der Waals surface area (Å²) in [6.45, 7) is 4.53. The number of thioether (sulfide) groups is 1. The number of hydrogen-bond acceptors (Lipinski definition) is 3. The molecule has 0 bridgehead atoms. The first-order chi connectivity index (χ1) is 7.72. The normalized spacial score (nSPS) is 18.6. The number of carbonyl (C=O) groups is 1. The van der Waals surface area contributed by atoms with Gasteiger partial charge in [-0.3, -0.25) is 4.79 Å². The average Bonchev–Trinajstić information content (AvgIpc) is 2.74. The van der Waals surface area contributed by atoms with Crippen LogP contribution < -0.4 is 10.6 Å². The van der Waals surface area contributed by atoms with Gasteiger partial charge in [-0.05, 0) is 26.0 Å². The minimum atomic E-state index is 0.152. The van der Waals surface area contributed by atoms with E-state index >= 15 is 0 Å². The minimum Gasteiger partial charge on any atom is -0.356 e. The third-order valence-corrected chi connectivity index (χ3v) is 4.72. The van der Waals surface area contributed by atoms with E-state index in [9.17, 15) is 4.79 Å². The molecule has 1 amide bonds.